The SMILES string of the molecule is CCC(C)OC(=O)C(C)C(=O)O.[NaH]. The fraction of sp³-hybridized carbons (Fsp3) is 0.750. The second-order valence-corrected chi connectivity index (χ2v) is 2.72. The first kappa shape index (κ1) is 15.4. The molecule has 4 nitrogen and oxygen atoms in total. The van der Waals surface area contributed by atoms with Gasteiger partial charge in [0.1, 0.15) is 0 Å². The van der Waals surface area contributed by atoms with Crippen molar-refractivity contribution in [3.63, 3.8) is 0 Å². The van der Waals surface area contributed by atoms with Gasteiger partial charge in [-0.1, -0.05) is 6.92 Å². The summed E-state index contributed by atoms with van der Waals surface area (Å²) in [4.78, 5) is 21.3. The van der Waals surface area contributed by atoms with E-state index >= 15 is 0 Å². The van der Waals surface area contributed by atoms with Crippen LogP contribution in [-0.2, 0) is 14.3 Å². The molecule has 0 bridgehead atoms. The fourth-order valence-corrected chi connectivity index (χ4v) is 0.484. The van der Waals surface area contributed by atoms with Crippen molar-refractivity contribution in [3.8, 4) is 0 Å². The van der Waals surface area contributed by atoms with Crippen LogP contribution in [0, 0.1) is 5.92 Å². The third kappa shape index (κ3) is 6.07. The average Bonchev–Trinajstić information content (AvgIpc) is 2.02. The van der Waals surface area contributed by atoms with Gasteiger partial charge in [-0.15, -0.1) is 0 Å². The van der Waals surface area contributed by atoms with Gasteiger partial charge >= 0.3 is 41.5 Å². The van der Waals surface area contributed by atoms with Crippen LogP contribution >= 0.6 is 0 Å². The summed E-state index contributed by atoms with van der Waals surface area (Å²) in [5.41, 5.74) is 0. The van der Waals surface area contributed by atoms with Crippen molar-refractivity contribution >= 4 is 41.5 Å². The zero-order chi connectivity index (χ0) is 9.72. The molecule has 0 amide bonds. The van der Waals surface area contributed by atoms with Crippen LogP contribution in [0.1, 0.15) is 27.2 Å². The van der Waals surface area contributed by atoms with E-state index in [9.17, 15) is 9.59 Å². The standard InChI is InChI=1S/C8H14O4.Na.H/c1-4-5(2)12-8(11)6(3)7(9)10;;/h5-6H,4H2,1-3H3,(H,9,10);;. The molecule has 0 heterocycles. The number of hydrogen-bond donors (Lipinski definition) is 1. The van der Waals surface area contributed by atoms with E-state index in [2.05, 4.69) is 0 Å². The molecule has 5 heteroatoms. The van der Waals surface area contributed by atoms with Crippen LogP contribution in [-0.4, -0.2) is 52.7 Å². The van der Waals surface area contributed by atoms with Crippen LogP contribution in [0.3, 0.4) is 0 Å². The molecule has 0 aromatic rings. The molecule has 2 unspecified atom stereocenters. The Kier molecular flexibility index (Phi) is 8.72. The minimum absolute atomic E-state index is 0. The molecular formula is C8H15NaO4. The van der Waals surface area contributed by atoms with Crippen molar-refractivity contribution in [3.05, 3.63) is 0 Å². The first-order valence-electron chi connectivity index (χ1n) is 3.92. The van der Waals surface area contributed by atoms with Gasteiger partial charge < -0.3 is 9.84 Å². The number of carbonyl (C=O) groups is 2. The first-order valence-corrected chi connectivity index (χ1v) is 3.92. The van der Waals surface area contributed by atoms with Gasteiger partial charge in [0.05, 0.1) is 6.10 Å². The summed E-state index contributed by atoms with van der Waals surface area (Å²) in [6.07, 6.45) is 0.484. The summed E-state index contributed by atoms with van der Waals surface area (Å²) in [6, 6.07) is 0. The van der Waals surface area contributed by atoms with Crippen molar-refractivity contribution in [2.24, 2.45) is 5.92 Å². The van der Waals surface area contributed by atoms with Crippen LogP contribution in [0.4, 0.5) is 0 Å². The predicted octanol–water partition coefficient (Wildman–Crippen LogP) is 0.400. The molecular weight excluding hydrogens is 183 g/mol. The van der Waals surface area contributed by atoms with Gasteiger partial charge in [-0.25, -0.2) is 0 Å². The predicted molar refractivity (Wildman–Crippen MR) is 49.8 cm³/mol. The number of rotatable bonds is 4. The molecule has 0 aliphatic heterocycles. The van der Waals surface area contributed by atoms with E-state index in [-0.39, 0.29) is 35.7 Å². The Balaban J connectivity index is 0. The first-order chi connectivity index (χ1) is 5.49. The molecule has 0 aliphatic rings. The maximum atomic E-state index is 11.0. The molecule has 72 valence electrons. The van der Waals surface area contributed by atoms with E-state index < -0.39 is 17.9 Å². The third-order valence-corrected chi connectivity index (χ3v) is 1.62. The summed E-state index contributed by atoms with van der Waals surface area (Å²) in [6.45, 7) is 4.91. The Labute approximate surface area is 99.9 Å². The molecule has 13 heavy (non-hydrogen) atoms. The number of carbonyl (C=O) groups excluding carboxylic acids is 1. The molecule has 2 atom stereocenters. The molecule has 0 rings (SSSR count). The Hall–Kier alpha value is -0.0600. The molecule has 0 aliphatic carbocycles. The van der Waals surface area contributed by atoms with Crippen LogP contribution in [0.15, 0.2) is 0 Å². The van der Waals surface area contributed by atoms with E-state index in [1.807, 2.05) is 6.92 Å². The quantitative estimate of drug-likeness (QED) is 0.403. The number of ether oxygens (including phenoxy) is 1. The second kappa shape index (κ2) is 7.35. The summed E-state index contributed by atoms with van der Waals surface area (Å²) in [5.74, 6) is -2.89. The number of esters is 1. The summed E-state index contributed by atoms with van der Waals surface area (Å²) in [7, 11) is 0. The number of carboxylic acid groups (broad SMARTS) is 1. The van der Waals surface area contributed by atoms with Crippen LogP contribution in [0.5, 0.6) is 0 Å². The monoisotopic (exact) mass is 198 g/mol. The van der Waals surface area contributed by atoms with Crippen molar-refractivity contribution in [1.29, 1.82) is 0 Å². The molecule has 0 saturated carbocycles. The molecule has 0 radical (unpaired) electrons. The fourth-order valence-electron chi connectivity index (χ4n) is 0.484. The van der Waals surface area contributed by atoms with Gasteiger partial charge in [-0.3, -0.25) is 9.59 Å². The van der Waals surface area contributed by atoms with Crippen LogP contribution in [0.2, 0.25) is 0 Å². The normalized spacial score (nSPS) is 13.8. The van der Waals surface area contributed by atoms with Gasteiger partial charge in [0.15, 0.2) is 5.92 Å². The van der Waals surface area contributed by atoms with Crippen molar-refractivity contribution in [1.82, 2.24) is 0 Å². The molecule has 0 saturated heterocycles. The van der Waals surface area contributed by atoms with Crippen molar-refractivity contribution in [2.45, 2.75) is 33.3 Å². The summed E-state index contributed by atoms with van der Waals surface area (Å²) in [5, 5.41) is 8.44. The molecule has 0 aromatic carbocycles. The Bertz CT molecular complexity index is 181. The summed E-state index contributed by atoms with van der Waals surface area (Å²) >= 11 is 0. The van der Waals surface area contributed by atoms with Crippen LogP contribution in [0.25, 0.3) is 0 Å². The van der Waals surface area contributed by atoms with E-state index in [1.165, 1.54) is 6.92 Å². The minimum atomic E-state index is -1.15. The van der Waals surface area contributed by atoms with E-state index in [1.54, 1.807) is 6.92 Å². The molecule has 0 fully saturated rings. The zero-order valence-corrected chi connectivity index (χ0v) is 7.53. The topological polar surface area (TPSA) is 63.6 Å². The van der Waals surface area contributed by atoms with Crippen molar-refractivity contribution < 1.29 is 19.4 Å². The molecule has 1 N–H and O–H groups in total. The van der Waals surface area contributed by atoms with Gasteiger partial charge in [-0.2, -0.15) is 0 Å². The molecule has 0 spiro atoms. The van der Waals surface area contributed by atoms with Gasteiger partial charge in [0.25, 0.3) is 0 Å². The van der Waals surface area contributed by atoms with Gasteiger partial charge in [0, 0.05) is 0 Å². The number of aliphatic carboxylic acids is 1. The van der Waals surface area contributed by atoms with E-state index in [4.69, 9.17) is 9.84 Å². The van der Waals surface area contributed by atoms with Gasteiger partial charge in [-0.05, 0) is 20.3 Å². The van der Waals surface area contributed by atoms with Crippen LogP contribution < -0.4 is 0 Å². The molecule has 0 aromatic heterocycles. The number of carboxylic acids is 1. The average molecular weight is 198 g/mol. The number of hydrogen-bond acceptors (Lipinski definition) is 3. The van der Waals surface area contributed by atoms with Crippen molar-refractivity contribution in [2.75, 3.05) is 0 Å². The Morgan fingerprint density at radius 3 is 2.15 bits per heavy atom. The zero-order valence-electron chi connectivity index (χ0n) is 7.53. The summed E-state index contributed by atoms with van der Waals surface area (Å²) < 4.78 is 4.80. The Morgan fingerprint density at radius 2 is 1.85 bits per heavy atom. The maximum absolute atomic E-state index is 11.0. The third-order valence-electron chi connectivity index (χ3n) is 1.62. The van der Waals surface area contributed by atoms with E-state index in [0.29, 0.717) is 6.42 Å². The second-order valence-electron chi connectivity index (χ2n) is 2.72. The van der Waals surface area contributed by atoms with Gasteiger partial charge in [0.2, 0.25) is 0 Å². The van der Waals surface area contributed by atoms with E-state index in [0.717, 1.165) is 0 Å². The Morgan fingerprint density at radius 1 is 1.38 bits per heavy atom.